The third kappa shape index (κ3) is 6.26. The van der Waals surface area contributed by atoms with E-state index in [9.17, 15) is 9.59 Å². The van der Waals surface area contributed by atoms with Crippen molar-refractivity contribution in [2.75, 3.05) is 18.4 Å². The van der Waals surface area contributed by atoms with Crippen molar-refractivity contribution in [3.8, 4) is 0 Å². The Morgan fingerprint density at radius 2 is 1.69 bits per heavy atom. The van der Waals surface area contributed by atoms with Gasteiger partial charge in [0, 0.05) is 55.4 Å². The normalized spacial score (nSPS) is 15.2. The Hall–Kier alpha value is -2.21. The molecule has 6 heteroatoms. The lowest BCUT2D eigenvalue weighted by atomic mass is 10.1. The van der Waals surface area contributed by atoms with Gasteiger partial charge in [0.1, 0.15) is 0 Å². The number of hydrazone groups is 1. The number of nitrogens with one attached hydrogen (secondary N) is 2. The van der Waals surface area contributed by atoms with Crippen molar-refractivity contribution in [1.29, 1.82) is 0 Å². The van der Waals surface area contributed by atoms with E-state index < -0.39 is 0 Å². The van der Waals surface area contributed by atoms with E-state index in [2.05, 4.69) is 34.6 Å². The summed E-state index contributed by atoms with van der Waals surface area (Å²) in [6, 6.07) is 7.41. The molecule has 142 valence electrons. The van der Waals surface area contributed by atoms with Gasteiger partial charge in [-0.15, -0.1) is 0 Å². The number of benzene rings is 1. The third-order valence-corrected chi connectivity index (χ3v) is 4.45. The second kappa shape index (κ2) is 9.48. The second-order valence-corrected chi connectivity index (χ2v) is 7.47. The van der Waals surface area contributed by atoms with Gasteiger partial charge in [-0.3, -0.25) is 9.59 Å². The summed E-state index contributed by atoms with van der Waals surface area (Å²) in [5.41, 5.74) is 4.90. The highest BCUT2D eigenvalue weighted by Gasteiger charge is 2.17. The zero-order valence-electron chi connectivity index (χ0n) is 16.2. The number of likely N-dealkylation sites (tertiary alicyclic amines) is 1. The first-order valence-electron chi connectivity index (χ1n) is 9.35. The maximum atomic E-state index is 12.2. The molecule has 0 unspecified atom stereocenters. The molecule has 0 radical (unpaired) electrons. The largest absolute Gasteiger partial charge is 0.326 e. The summed E-state index contributed by atoms with van der Waals surface area (Å²) in [6.07, 6.45) is 2.26. The molecule has 2 amide bonds. The second-order valence-electron chi connectivity index (χ2n) is 7.47. The molecule has 1 heterocycles. The van der Waals surface area contributed by atoms with Crippen molar-refractivity contribution in [3.05, 3.63) is 29.8 Å². The molecule has 1 aliphatic rings. The highest BCUT2D eigenvalue weighted by Crippen LogP contribution is 2.12. The van der Waals surface area contributed by atoms with Crippen molar-refractivity contribution in [1.82, 2.24) is 10.3 Å². The van der Waals surface area contributed by atoms with Gasteiger partial charge in [-0.1, -0.05) is 13.8 Å². The highest BCUT2D eigenvalue weighted by atomic mass is 16.2. The van der Waals surface area contributed by atoms with Crippen LogP contribution in [0.15, 0.2) is 29.4 Å². The number of amides is 2. The van der Waals surface area contributed by atoms with Crippen LogP contribution in [0.3, 0.4) is 0 Å². The summed E-state index contributed by atoms with van der Waals surface area (Å²) in [5.74, 6) is 0.0618. The number of rotatable bonds is 6. The Kier molecular flexibility index (Phi) is 7.33. The van der Waals surface area contributed by atoms with E-state index in [0.717, 1.165) is 31.6 Å². The van der Waals surface area contributed by atoms with Crippen LogP contribution in [0, 0.1) is 5.92 Å². The SMILES string of the molecule is CC(C)CC(=O)Nc1ccc(C(=O)NN=C2CCN(C(C)C)CC2)cc1. The Balaban J connectivity index is 1.84. The molecule has 0 aliphatic carbocycles. The van der Waals surface area contributed by atoms with Crippen LogP contribution in [-0.4, -0.2) is 41.6 Å². The Morgan fingerprint density at radius 3 is 2.23 bits per heavy atom. The fraction of sp³-hybridized carbons (Fsp3) is 0.550. The molecule has 0 saturated carbocycles. The fourth-order valence-corrected chi connectivity index (χ4v) is 2.89. The van der Waals surface area contributed by atoms with Gasteiger partial charge in [0.25, 0.3) is 5.91 Å². The lowest BCUT2D eigenvalue weighted by molar-refractivity contribution is -0.116. The lowest BCUT2D eigenvalue weighted by Gasteiger charge is -2.30. The fourth-order valence-electron chi connectivity index (χ4n) is 2.89. The van der Waals surface area contributed by atoms with E-state index in [1.165, 1.54) is 0 Å². The molecular formula is C20H30N4O2. The summed E-state index contributed by atoms with van der Waals surface area (Å²) in [4.78, 5) is 26.4. The predicted molar refractivity (Wildman–Crippen MR) is 105 cm³/mol. The minimum absolute atomic E-state index is 0.0173. The van der Waals surface area contributed by atoms with Gasteiger partial charge >= 0.3 is 0 Å². The smallest absolute Gasteiger partial charge is 0.271 e. The monoisotopic (exact) mass is 358 g/mol. The van der Waals surface area contributed by atoms with Gasteiger partial charge in [-0.05, 0) is 44.0 Å². The summed E-state index contributed by atoms with van der Waals surface area (Å²) >= 11 is 0. The predicted octanol–water partition coefficient (Wildman–Crippen LogP) is 3.26. The van der Waals surface area contributed by atoms with Crippen LogP contribution in [0.4, 0.5) is 5.69 Å². The van der Waals surface area contributed by atoms with Crippen molar-refractivity contribution < 1.29 is 9.59 Å². The topological polar surface area (TPSA) is 73.8 Å². The molecule has 1 saturated heterocycles. The molecule has 6 nitrogen and oxygen atoms in total. The average molecular weight is 358 g/mol. The minimum Gasteiger partial charge on any atom is -0.326 e. The van der Waals surface area contributed by atoms with Crippen LogP contribution in [-0.2, 0) is 4.79 Å². The highest BCUT2D eigenvalue weighted by molar-refractivity contribution is 5.96. The molecule has 26 heavy (non-hydrogen) atoms. The van der Waals surface area contributed by atoms with E-state index in [1.807, 2.05) is 13.8 Å². The summed E-state index contributed by atoms with van der Waals surface area (Å²) < 4.78 is 0. The minimum atomic E-state index is -0.233. The van der Waals surface area contributed by atoms with Gasteiger partial charge < -0.3 is 10.2 Å². The maximum absolute atomic E-state index is 12.2. The first-order chi connectivity index (χ1) is 12.3. The van der Waals surface area contributed by atoms with Crippen LogP contribution in [0.1, 0.15) is 57.3 Å². The number of anilines is 1. The molecule has 0 spiro atoms. The lowest BCUT2D eigenvalue weighted by Crippen LogP contribution is -2.39. The quantitative estimate of drug-likeness (QED) is 0.767. The van der Waals surface area contributed by atoms with Crippen LogP contribution >= 0.6 is 0 Å². The van der Waals surface area contributed by atoms with Gasteiger partial charge in [0.05, 0.1) is 0 Å². The number of carbonyl (C=O) groups excluding carboxylic acids is 2. The zero-order chi connectivity index (χ0) is 19.1. The van der Waals surface area contributed by atoms with Crippen LogP contribution in [0.2, 0.25) is 0 Å². The Labute approximate surface area is 156 Å². The van der Waals surface area contributed by atoms with E-state index in [0.29, 0.717) is 29.6 Å². The van der Waals surface area contributed by atoms with Gasteiger partial charge in [0.15, 0.2) is 0 Å². The Bertz CT molecular complexity index is 640. The van der Waals surface area contributed by atoms with E-state index in [4.69, 9.17) is 0 Å². The number of hydrogen-bond acceptors (Lipinski definition) is 4. The number of hydrogen-bond donors (Lipinski definition) is 2. The number of piperidine rings is 1. The third-order valence-electron chi connectivity index (χ3n) is 4.45. The van der Waals surface area contributed by atoms with Gasteiger partial charge in [-0.25, -0.2) is 5.43 Å². The Morgan fingerprint density at radius 1 is 1.08 bits per heavy atom. The van der Waals surface area contributed by atoms with Crippen molar-refractivity contribution in [2.24, 2.45) is 11.0 Å². The van der Waals surface area contributed by atoms with E-state index in [-0.39, 0.29) is 11.8 Å². The summed E-state index contributed by atoms with van der Waals surface area (Å²) in [6.45, 7) is 10.4. The number of nitrogens with zero attached hydrogens (tertiary/aromatic N) is 2. The van der Waals surface area contributed by atoms with Crippen LogP contribution < -0.4 is 10.7 Å². The molecule has 1 aromatic rings. The first kappa shape index (κ1) is 20.1. The zero-order valence-corrected chi connectivity index (χ0v) is 16.2. The van der Waals surface area contributed by atoms with Gasteiger partial charge in [0.2, 0.25) is 5.91 Å². The first-order valence-corrected chi connectivity index (χ1v) is 9.35. The maximum Gasteiger partial charge on any atom is 0.271 e. The van der Waals surface area contributed by atoms with Crippen molar-refractivity contribution in [3.63, 3.8) is 0 Å². The van der Waals surface area contributed by atoms with Gasteiger partial charge in [-0.2, -0.15) is 5.10 Å². The molecule has 2 N–H and O–H groups in total. The van der Waals surface area contributed by atoms with Crippen LogP contribution in [0.5, 0.6) is 0 Å². The van der Waals surface area contributed by atoms with Crippen molar-refractivity contribution in [2.45, 2.75) is 53.0 Å². The molecule has 0 atom stereocenters. The number of carbonyl (C=O) groups is 2. The molecule has 0 aromatic heterocycles. The average Bonchev–Trinajstić information content (AvgIpc) is 2.60. The standard InChI is InChI=1S/C20H30N4O2/c1-14(2)13-19(25)21-17-7-5-16(6-8-17)20(26)23-22-18-9-11-24(12-10-18)15(3)4/h5-8,14-15H,9-13H2,1-4H3,(H,21,25)(H,23,26). The molecule has 1 fully saturated rings. The van der Waals surface area contributed by atoms with Crippen LogP contribution in [0.25, 0.3) is 0 Å². The molecule has 1 aromatic carbocycles. The summed E-state index contributed by atoms with van der Waals surface area (Å²) in [7, 11) is 0. The van der Waals surface area contributed by atoms with E-state index >= 15 is 0 Å². The van der Waals surface area contributed by atoms with Crippen molar-refractivity contribution >= 4 is 23.2 Å². The molecule has 1 aliphatic heterocycles. The molecule has 0 bridgehead atoms. The summed E-state index contributed by atoms with van der Waals surface area (Å²) in [5, 5.41) is 7.11. The molecule has 2 rings (SSSR count). The van der Waals surface area contributed by atoms with E-state index in [1.54, 1.807) is 24.3 Å². The molecular weight excluding hydrogens is 328 g/mol.